The zero-order valence-electron chi connectivity index (χ0n) is 11.5. The molecule has 0 radical (unpaired) electrons. The van der Waals surface area contributed by atoms with Gasteiger partial charge >= 0.3 is 6.18 Å². The van der Waals surface area contributed by atoms with Crippen LogP contribution in [-0.2, 0) is 6.18 Å². The van der Waals surface area contributed by atoms with Crippen LogP contribution in [-0.4, -0.2) is 29.1 Å². The molecule has 0 spiro atoms. The van der Waals surface area contributed by atoms with Crippen molar-refractivity contribution < 1.29 is 17.6 Å². The predicted molar refractivity (Wildman–Crippen MR) is 81.4 cm³/mol. The van der Waals surface area contributed by atoms with Gasteiger partial charge in [-0.1, -0.05) is 13.0 Å². The number of halogens is 4. The Morgan fingerprint density at radius 1 is 1.33 bits per heavy atom. The van der Waals surface area contributed by atoms with Crippen LogP contribution >= 0.6 is 23.5 Å². The van der Waals surface area contributed by atoms with Crippen molar-refractivity contribution in [3.63, 3.8) is 0 Å². The normalized spacial score (nSPS) is 21.3. The SMILES string of the molecule is CCNC(c1ccc(C(F)(F)F)c(F)c1)C1CSCCS1. The summed E-state index contributed by atoms with van der Waals surface area (Å²) >= 11 is 3.62. The highest BCUT2D eigenvalue weighted by Gasteiger charge is 2.35. The van der Waals surface area contributed by atoms with E-state index in [2.05, 4.69) is 5.32 Å². The molecule has 1 aromatic rings. The molecule has 0 saturated carbocycles. The average Bonchev–Trinajstić information content (AvgIpc) is 2.44. The summed E-state index contributed by atoms with van der Waals surface area (Å²) < 4.78 is 51.6. The number of nitrogens with one attached hydrogen (secondary N) is 1. The minimum atomic E-state index is -4.65. The second-order valence-electron chi connectivity index (χ2n) is 4.76. The fourth-order valence-corrected chi connectivity index (χ4v) is 5.21. The molecule has 0 bridgehead atoms. The van der Waals surface area contributed by atoms with Gasteiger partial charge in [0.1, 0.15) is 5.82 Å². The smallest absolute Gasteiger partial charge is 0.309 e. The van der Waals surface area contributed by atoms with Crippen LogP contribution in [0.25, 0.3) is 0 Å². The standard InChI is InChI=1S/C14H17F4NS2/c1-2-19-13(12-8-20-5-6-21-12)9-3-4-10(11(15)7-9)14(16,17)18/h3-4,7,12-13,19H,2,5-6,8H2,1H3. The maximum atomic E-state index is 13.8. The first-order valence-electron chi connectivity index (χ1n) is 6.73. The van der Waals surface area contributed by atoms with E-state index in [-0.39, 0.29) is 11.3 Å². The van der Waals surface area contributed by atoms with Gasteiger partial charge in [-0.05, 0) is 24.2 Å². The lowest BCUT2D eigenvalue weighted by atomic mass is 10.0. The van der Waals surface area contributed by atoms with Crippen molar-refractivity contribution >= 4 is 23.5 Å². The summed E-state index contributed by atoms with van der Waals surface area (Å²) in [5.74, 6) is 1.82. The quantitative estimate of drug-likeness (QED) is 0.820. The first-order chi connectivity index (χ1) is 9.93. The molecule has 118 valence electrons. The van der Waals surface area contributed by atoms with Crippen molar-refractivity contribution in [2.45, 2.75) is 24.4 Å². The number of alkyl halides is 3. The van der Waals surface area contributed by atoms with E-state index >= 15 is 0 Å². The second kappa shape index (κ2) is 7.24. The summed E-state index contributed by atoms with van der Waals surface area (Å²) in [6.07, 6.45) is -4.65. The number of hydrogen-bond donors (Lipinski definition) is 1. The highest BCUT2D eigenvalue weighted by atomic mass is 32.2. The van der Waals surface area contributed by atoms with Gasteiger partial charge in [-0.3, -0.25) is 0 Å². The Labute approximate surface area is 130 Å². The third-order valence-corrected chi connectivity index (χ3v) is 6.16. The predicted octanol–water partition coefficient (Wildman–Crippen LogP) is 4.34. The summed E-state index contributed by atoms with van der Waals surface area (Å²) in [5, 5.41) is 3.52. The largest absolute Gasteiger partial charge is 0.419 e. The lowest BCUT2D eigenvalue weighted by Gasteiger charge is -2.30. The molecule has 1 N–H and O–H groups in total. The van der Waals surface area contributed by atoms with Crippen molar-refractivity contribution in [2.24, 2.45) is 0 Å². The van der Waals surface area contributed by atoms with Gasteiger partial charge in [-0.2, -0.15) is 36.7 Å². The summed E-state index contributed by atoms with van der Waals surface area (Å²) in [6.45, 7) is 2.63. The Bertz CT molecular complexity index is 473. The van der Waals surface area contributed by atoms with Crippen molar-refractivity contribution in [3.05, 3.63) is 35.1 Å². The van der Waals surface area contributed by atoms with Crippen molar-refractivity contribution in [2.75, 3.05) is 23.8 Å². The van der Waals surface area contributed by atoms with Crippen molar-refractivity contribution in [3.8, 4) is 0 Å². The second-order valence-corrected chi connectivity index (χ2v) is 7.25. The molecule has 1 aliphatic rings. The topological polar surface area (TPSA) is 12.0 Å². The van der Waals surface area contributed by atoms with Gasteiger partial charge in [-0.25, -0.2) is 4.39 Å². The van der Waals surface area contributed by atoms with Crippen molar-refractivity contribution in [1.29, 1.82) is 0 Å². The molecular formula is C14H17F4NS2. The number of rotatable bonds is 4. The summed E-state index contributed by atoms with van der Waals surface area (Å²) in [4.78, 5) is 0. The first-order valence-corrected chi connectivity index (χ1v) is 8.93. The van der Waals surface area contributed by atoms with E-state index in [1.165, 1.54) is 6.07 Å². The molecule has 7 heteroatoms. The molecular weight excluding hydrogens is 322 g/mol. The van der Waals surface area contributed by atoms with Crippen LogP contribution < -0.4 is 5.32 Å². The van der Waals surface area contributed by atoms with Gasteiger partial charge < -0.3 is 5.32 Å². The Morgan fingerprint density at radius 2 is 2.10 bits per heavy atom. The highest BCUT2D eigenvalue weighted by molar-refractivity contribution is 8.06. The van der Waals surface area contributed by atoms with Crippen LogP contribution in [0.15, 0.2) is 18.2 Å². The van der Waals surface area contributed by atoms with Gasteiger partial charge in [0.15, 0.2) is 0 Å². The van der Waals surface area contributed by atoms with Crippen LogP contribution in [0.2, 0.25) is 0 Å². The molecule has 1 saturated heterocycles. The Morgan fingerprint density at radius 3 is 2.62 bits per heavy atom. The lowest BCUT2D eigenvalue weighted by molar-refractivity contribution is -0.140. The van der Waals surface area contributed by atoms with Gasteiger partial charge in [0.25, 0.3) is 0 Å². The highest BCUT2D eigenvalue weighted by Crippen LogP contribution is 2.36. The molecule has 1 heterocycles. The Balaban J connectivity index is 2.26. The van der Waals surface area contributed by atoms with Crippen LogP contribution in [0.1, 0.15) is 24.1 Å². The summed E-state index contributed by atoms with van der Waals surface area (Å²) in [6, 6.07) is 3.13. The molecule has 1 aromatic carbocycles. The average molecular weight is 339 g/mol. The molecule has 2 unspecified atom stereocenters. The van der Waals surface area contributed by atoms with Gasteiger partial charge in [0, 0.05) is 28.6 Å². The molecule has 0 aromatic heterocycles. The van der Waals surface area contributed by atoms with E-state index in [0.29, 0.717) is 12.1 Å². The van der Waals surface area contributed by atoms with E-state index in [4.69, 9.17) is 0 Å². The van der Waals surface area contributed by atoms with Gasteiger partial charge in [-0.15, -0.1) is 0 Å². The molecule has 0 aliphatic carbocycles. The molecule has 0 amide bonds. The maximum absolute atomic E-state index is 13.8. The fraction of sp³-hybridized carbons (Fsp3) is 0.571. The third-order valence-electron chi connectivity index (χ3n) is 3.30. The summed E-state index contributed by atoms with van der Waals surface area (Å²) in [7, 11) is 0. The van der Waals surface area contributed by atoms with Gasteiger partial charge in [0.05, 0.1) is 5.56 Å². The van der Waals surface area contributed by atoms with E-state index in [9.17, 15) is 17.6 Å². The number of benzene rings is 1. The Kier molecular flexibility index (Phi) is 5.85. The molecule has 1 fully saturated rings. The number of hydrogen-bond acceptors (Lipinski definition) is 3. The van der Waals surface area contributed by atoms with Crippen molar-refractivity contribution in [1.82, 2.24) is 5.32 Å². The molecule has 1 nitrogen and oxygen atoms in total. The third kappa shape index (κ3) is 4.29. The number of thioether (sulfide) groups is 2. The zero-order chi connectivity index (χ0) is 15.5. The van der Waals surface area contributed by atoms with Crippen LogP contribution in [0.4, 0.5) is 17.6 Å². The molecule has 1 aliphatic heterocycles. The van der Waals surface area contributed by atoms with Crippen LogP contribution in [0.5, 0.6) is 0 Å². The van der Waals surface area contributed by atoms with E-state index in [0.717, 1.165) is 29.4 Å². The zero-order valence-corrected chi connectivity index (χ0v) is 13.2. The Hall–Kier alpha value is -0.400. The van der Waals surface area contributed by atoms with E-state index < -0.39 is 17.6 Å². The maximum Gasteiger partial charge on any atom is 0.419 e. The monoisotopic (exact) mass is 339 g/mol. The van der Waals surface area contributed by atoms with E-state index in [1.807, 2.05) is 18.7 Å². The minimum absolute atomic E-state index is 0.121. The lowest BCUT2D eigenvalue weighted by Crippen LogP contribution is -2.33. The van der Waals surface area contributed by atoms with Gasteiger partial charge in [0.2, 0.25) is 0 Å². The first kappa shape index (κ1) is 17.0. The summed E-state index contributed by atoms with van der Waals surface area (Å²) in [5.41, 5.74) is -0.616. The minimum Gasteiger partial charge on any atom is -0.309 e. The van der Waals surface area contributed by atoms with Crippen LogP contribution in [0.3, 0.4) is 0 Å². The van der Waals surface area contributed by atoms with Crippen LogP contribution in [0, 0.1) is 5.82 Å². The molecule has 21 heavy (non-hydrogen) atoms. The molecule has 2 rings (SSSR count). The van der Waals surface area contributed by atoms with E-state index in [1.54, 1.807) is 11.8 Å². The molecule has 2 atom stereocenters. The fourth-order valence-electron chi connectivity index (χ4n) is 2.34.